The molecule has 2 aliphatic rings. The zero-order chi connectivity index (χ0) is 19.6. The summed E-state index contributed by atoms with van der Waals surface area (Å²) in [6.45, 7) is 7.19. The molecule has 5 nitrogen and oxygen atoms in total. The fraction of sp³-hybridized carbons (Fsp3) is 0.667. The van der Waals surface area contributed by atoms with Gasteiger partial charge in [0.05, 0.1) is 6.10 Å². The van der Waals surface area contributed by atoms with Crippen molar-refractivity contribution in [2.45, 2.75) is 76.2 Å². The smallest absolute Gasteiger partial charge is 0.407 e. The van der Waals surface area contributed by atoms with Crippen molar-refractivity contribution >= 4 is 6.09 Å². The number of hydrogen-bond acceptors (Lipinski definition) is 4. The van der Waals surface area contributed by atoms with Gasteiger partial charge in [-0.2, -0.15) is 0 Å². The Labute approximate surface area is 160 Å². The number of likely N-dealkylation sites (tertiary alicyclic amines) is 1. The standard InChI is InChI=1S/C21H31FN2O3/c1-21(2,3)27-20(26)23-17-5-4-10-24(13-17)18-11-15(12-19(18)25)14-6-8-16(22)9-7-14/h6-9,15,17-19,25H,4-5,10-13H2,1-3H3,(H,23,26)/t15?,17-,18?,19?/m1/s1. The van der Waals surface area contributed by atoms with Crippen LogP contribution in [-0.2, 0) is 4.74 Å². The molecule has 3 rings (SSSR count). The zero-order valence-electron chi connectivity index (χ0n) is 16.5. The third-order valence-corrected chi connectivity index (χ3v) is 5.48. The average molecular weight is 378 g/mol. The number of nitrogens with zero attached hydrogens (tertiary/aromatic N) is 1. The van der Waals surface area contributed by atoms with Crippen LogP contribution in [0.15, 0.2) is 24.3 Å². The fourth-order valence-corrected chi connectivity index (χ4v) is 4.29. The number of hydrogen-bond donors (Lipinski definition) is 2. The van der Waals surface area contributed by atoms with Crippen molar-refractivity contribution in [1.82, 2.24) is 10.2 Å². The molecule has 1 aromatic rings. The molecule has 2 N–H and O–H groups in total. The first-order chi connectivity index (χ1) is 12.7. The number of piperidine rings is 1. The molecule has 0 radical (unpaired) electrons. The molecule has 0 aromatic heterocycles. The molecule has 150 valence electrons. The van der Waals surface area contributed by atoms with Crippen molar-refractivity contribution in [3.05, 3.63) is 35.6 Å². The molecule has 3 unspecified atom stereocenters. The maximum Gasteiger partial charge on any atom is 0.407 e. The molecule has 1 saturated heterocycles. The first-order valence-electron chi connectivity index (χ1n) is 9.88. The highest BCUT2D eigenvalue weighted by Gasteiger charge is 2.39. The van der Waals surface area contributed by atoms with Gasteiger partial charge in [0.25, 0.3) is 0 Å². The van der Waals surface area contributed by atoms with Crippen molar-refractivity contribution in [2.75, 3.05) is 13.1 Å². The van der Waals surface area contributed by atoms with Gasteiger partial charge in [0.2, 0.25) is 0 Å². The summed E-state index contributed by atoms with van der Waals surface area (Å²) in [5.41, 5.74) is 0.570. The quantitative estimate of drug-likeness (QED) is 0.846. The van der Waals surface area contributed by atoms with Crippen molar-refractivity contribution in [3.63, 3.8) is 0 Å². The number of benzene rings is 1. The molecular weight excluding hydrogens is 347 g/mol. The Morgan fingerprint density at radius 2 is 1.96 bits per heavy atom. The molecular formula is C21H31FN2O3. The number of amides is 1. The lowest BCUT2D eigenvalue weighted by Crippen LogP contribution is -2.53. The van der Waals surface area contributed by atoms with Gasteiger partial charge < -0.3 is 15.2 Å². The summed E-state index contributed by atoms with van der Waals surface area (Å²) in [4.78, 5) is 14.3. The van der Waals surface area contributed by atoms with Crippen molar-refractivity contribution in [3.8, 4) is 0 Å². The Balaban J connectivity index is 1.57. The predicted molar refractivity (Wildman–Crippen MR) is 102 cm³/mol. The summed E-state index contributed by atoms with van der Waals surface area (Å²) in [7, 11) is 0. The third kappa shape index (κ3) is 5.42. The second-order valence-electron chi connectivity index (χ2n) is 8.83. The van der Waals surface area contributed by atoms with Crippen LogP contribution in [-0.4, -0.2) is 53.0 Å². The Kier molecular flexibility index (Phi) is 6.06. The number of carbonyl (C=O) groups excluding carboxylic acids is 1. The average Bonchev–Trinajstić information content (AvgIpc) is 2.96. The fourth-order valence-electron chi connectivity index (χ4n) is 4.29. The minimum Gasteiger partial charge on any atom is -0.444 e. The largest absolute Gasteiger partial charge is 0.444 e. The topological polar surface area (TPSA) is 61.8 Å². The van der Waals surface area contributed by atoms with Crippen molar-refractivity contribution in [1.29, 1.82) is 0 Å². The number of carbonyl (C=O) groups is 1. The molecule has 1 aliphatic heterocycles. The monoisotopic (exact) mass is 378 g/mol. The van der Waals surface area contributed by atoms with E-state index in [4.69, 9.17) is 4.74 Å². The molecule has 4 atom stereocenters. The molecule has 1 aromatic carbocycles. The summed E-state index contributed by atoms with van der Waals surface area (Å²) in [5, 5.41) is 13.6. The van der Waals surface area contributed by atoms with Gasteiger partial charge in [-0.3, -0.25) is 4.90 Å². The second-order valence-corrected chi connectivity index (χ2v) is 8.83. The minimum absolute atomic E-state index is 0.0330. The summed E-state index contributed by atoms with van der Waals surface area (Å²) in [6.07, 6.45) is 2.65. The van der Waals surface area contributed by atoms with E-state index in [1.807, 2.05) is 32.9 Å². The molecule has 1 aliphatic carbocycles. The molecule has 0 bridgehead atoms. The van der Waals surface area contributed by atoms with Gasteiger partial charge in [-0.15, -0.1) is 0 Å². The van der Waals surface area contributed by atoms with E-state index in [1.54, 1.807) is 0 Å². The summed E-state index contributed by atoms with van der Waals surface area (Å²) < 4.78 is 18.5. The van der Waals surface area contributed by atoms with Crippen molar-refractivity contribution < 1.29 is 19.0 Å². The van der Waals surface area contributed by atoms with E-state index in [2.05, 4.69) is 10.2 Å². The zero-order valence-corrected chi connectivity index (χ0v) is 16.5. The Morgan fingerprint density at radius 3 is 2.63 bits per heavy atom. The first-order valence-corrected chi connectivity index (χ1v) is 9.88. The van der Waals surface area contributed by atoms with Crippen LogP contribution in [0.4, 0.5) is 9.18 Å². The van der Waals surface area contributed by atoms with Crippen LogP contribution in [0.5, 0.6) is 0 Å². The highest BCUT2D eigenvalue weighted by Crippen LogP contribution is 2.38. The van der Waals surface area contributed by atoms with Gasteiger partial charge in [-0.25, -0.2) is 9.18 Å². The lowest BCUT2D eigenvalue weighted by molar-refractivity contribution is 0.0348. The van der Waals surface area contributed by atoms with E-state index in [0.29, 0.717) is 6.42 Å². The Bertz CT molecular complexity index is 644. The molecule has 0 spiro atoms. The second kappa shape index (κ2) is 8.15. The highest BCUT2D eigenvalue weighted by molar-refractivity contribution is 5.68. The molecule has 1 saturated carbocycles. The van der Waals surface area contributed by atoms with Gasteiger partial charge in [0.1, 0.15) is 11.4 Å². The number of alkyl carbamates (subject to hydrolysis) is 1. The van der Waals surface area contributed by atoms with Crippen LogP contribution in [0.2, 0.25) is 0 Å². The van der Waals surface area contributed by atoms with Crippen LogP contribution in [0.3, 0.4) is 0 Å². The minimum atomic E-state index is -0.511. The van der Waals surface area contributed by atoms with E-state index in [1.165, 1.54) is 12.1 Å². The van der Waals surface area contributed by atoms with E-state index in [9.17, 15) is 14.3 Å². The lowest BCUT2D eigenvalue weighted by Gasteiger charge is -2.38. The van der Waals surface area contributed by atoms with Gasteiger partial charge >= 0.3 is 6.09 Å². The van der Waals surface area contributed by atoms with Gasteiger partial charge in [-0.05, 0) is 76.6 Å². The summed E-state index contributed by atoms with van der Waals surface area (Å²) in [6, 6.07) is 6.71. The van der Waals surface area contributed by atoms with Crippen LogP contribution in [0.25, 0.3) is 0 Å². The number of rotatable bonds is 3. The van der Waals surface area contributed by atoms with E-state index in [0.717, 1.165) is 37.9 Å². The summed E-state index contributed by atoms with van der Waals surface area (Å²) >= 11 is 0. The number of nitrogens with one attached hydrogen (secondary N) is 1. The maximum absolute atomic E-state index is 13.2. The lowest BCUT2D eigenvalue weighted by atomic mass is 9.97. The number of aliphatic hydroxyl groups excluding tert-OH is 1. The molecule has 2 fully saturated rings. The molecule has 1 heterocycles. The van der Waals surface area contributed by atoms with Crippen LogP contribution in [0, 0.1) is 5.82 Å². The highest BCUT2D eigenvalue weighted by atomic mass is 19.1. The summed E-state index contributed by atoms with van der Waals surface area (Å²) in [5.74, 6) is 0.00530. The maximum atomic E-state index is 13.2. The molecule has 1 amide bonds. The van der Waals surface area contributed by atoms with Crippen molar-refractivity contribution in [2.24, 2.45) is 0 Å². The van der Waals surface area contributed by atoms with E-state index < -0.39 is 11.7 Å². The Morgan fingerprint density at radius 1 is 1.26 bits per heavy atom. The number of halogens is 1. The predicted octanol–water partition coefficient (Wildman–Crippen LogP) is 3.42. The molecule has 27 heavy (non-hydrogen) atoms. The van der Waals surface area contributed by atoms with E-state index in [-0.39, 0.29) is 29.9 Å². The normalized spacial score (nSPS) is 29.5. The van der Waals surface area contributed by atoms with Gasteiger partial charge in [-0.1, -0.05) is 12.1 Å². The molecule has 6 heteroatoms. The Hall–Kier alpha value is -1.66. The number of ether oxygens (including phenoxy) is 1. The van der Waals surface area contributed by atoms with Crippen LogP contribution >= 0.6 is 0 Å². The SMILES string of the molecule is CC(C)(C)OC(=O)N[C@@H]1CCCN(C2CC(c3ccc(F)cc3)CC2O)C1. The van der Waals surface area contributed by atoms with Crippen LogP contribution < -0.4 is 5.32 Å². The van der Waals surface area contributed by atoms with Gasteiger partial charge in [0, 0.05) is 18.6 Å². The van der Waals surface area contributed by atoms with Gasteiger partial charge in [0.15, 0.2) is 0 Å². The third-order valence-electron chi connectivity index (χ3n) is 5.48. The first kappa shape index (κ1) is 20.1. The van der Waals surface area contributed by atoms with E-state index >= 15 is 0 Å². The number of aliphatic hydroxyl groups is 1. The van der Waals surface area contributed by atoms with Crippen LogP contribution in [0.1, 0.15) is 57.9 Å².